The maximum absolute atomic E-state index is 2.49. The fourth-order valence-corrected chi connectivity index (χ4v) is 10.2. The Morgan fingerprint density at radius 3 is 1.54 bits per heavy atom. The van der Waals surface area contributed by atoms with Gasteiger partial charge in [0.25, 0.3) is 0 Å². The summed E-state index contributed by atoms with van der Waals surface area (Å²) >= 11 is 0. The van der Waals surface area contributed by atoms with Gasteiger partial charge in [-0.2, -0.15) is 0 Å². The van der Waals surface area contributed by atoms with Crippen LogP contribution in [0.5, 0.6) is 0 Å². The topological polar surface area (TPSA) is 9.72 Å². The molecule has 3 heteroatoms. The van der Waals surface area contributed by atoms with Crippen molar-refractivity contribution in [2.24, 2.45) is 0 Å². The van der Waals surface area contributed by atoms with Gasteiger partial charge < -0.3 is 14.7 Å². The number of allylic oxidation sites excluding steroid dienone is 2. The van der Waals surface area contributed by atoms with Crippen molar-refractivity contribution in [3.8, 4) is 33.4 Å². The average Bonchev–Trinajstić information content (AvgIpc) is 3.74. The Labute approximate surface area is 393 Å². The first-order chi connectivity index (χ1) is 33.2. The van der Waals surface area contributed by atoms with Crippen molar-refractivity contribution < 1.29 is 0 Å². The van der Waals surface area contributed by atoms with Crippen molar-refractivity contribution in [2.45, 2.75) is 12.0 Å². The Kier molecular flexibility index (Phi) is 10.3. The van der Waals surface area contributed by atoms with E-state index in [0.29, 0.717) is 0 Å². The third-order valence-electron chi connectivity index (χ3n) is 13.4. The summed E-state index contributed by atoms with van der Waals surface area (Å²) < 4.78 is 0. The van der Waals surface area contributed by atoms with Gasteiger partial charge in [0.05, 0.1) is 11.7 Å². The van der Waals surface area contributed by atoms with Gasteiger partial charge in [0.1, 0.15) is 0 Å². The standard InChI is InChI=1S/C64H47N3/c1-5-18-46(19-6-1)48-32-36-53(37-33-48)65(55-27-17-22-50(44-55)47-20-7-2-8-21-47)54-38-34-49(35-39-54)57-41-43-63(59-29-14-13-28-58(57)59)66(51-23-9-3-10-24-51)56-40-42-64-61(45-56)60-30-15-16-31-62(60)67(64)52-25-11-4-12-26-52/h1-45,60,62H. The van der Waals surface area contributed by atoms with Crippen LogP contribution in [-0.4, -0.2) is 6.04 Å². The van der Waals surface area contributed by atoms with Crippen LogP contribution in [-0.2, 0) is 0 Å². The van der Waals surface area contributed by atoms with Gasteiger partial charge >= 0.3 is 0 Å². The third-order valence-corrected chi connectivity index (χ3v) is 13.4. The lowest BCUT2D eigenvalue weighted by molar-refractivity contribution is 0.745. The number of anilines is 8. The number of fused-ring (bicyclic) bond motifs is 4. The SMILES string of the molecule is C1=CC2c3cc(N(c4ccccc4)c4ccc(-c5ccc(N(c6ccc(-c7ccccc7)cc6)c6cccc(-c7ccccc7)c6)cc5)c5ccccc45)ccc3N(c3ccccc3)C2C=C1. The summed E-state index contributed by atoms with van der Waals surface area (Å²) in [5.74, 6) is 0.247. The quantitative estimate of drug-likeness (QED) is 0.136. The first kappa shape index (κ1) is 39.9. The maximum atomic E-state index is 2.49. The van der Waals surface area contributed by atoms with Crippen LogP contribution in [0.2, 0.25) is 0 Å². The largest absolute Gasteiger partial charge is 0.333 e. The zero-order valence-corrected chi connectivity index (χ0v) is 37.0. The fourth-order valence-electron chi connectivity index (χ4n) is 10.2. The van der Waals surface area contributed by atoms with Gasteiger partial charge in [-0.3, -0.25) is 0 Å². The van der Waals surface area contributed by atoms with E-state index in [2.05, 4.69) is 288 Å². The van der Waals surface area contributed by atoms with Gasteiger partial charge in [0.15, 0.2) is 0 Å². The van der Waals surface area contributed by atoms with Crippen LogP contribution in [0, 0.1) is 0 Å². The molecule has 0 bridgehead atoms. The minimum atomic E-state index is 0.223. The summed E-state index contributed by atoms with van der Waals surface area (Å²) in [7, 11) is 0. The lowest BCUT2D eigenvalue weighted by Crippen LogP contribution is -2.28. The highest BCUT2D eigenvalue weighted by molar-refractivity contribution is 6.06. The van der Waals surface area contributed by atoms with Crippen LogP contribution in [0.15, 0.2) is 273 Å². The number of rotatable bonds is 10. The molecule has 67 heavy (non-hydrogen) atoms. The second-order valence-electron chi connectivity index (χ2n) is 17.3. The highest BCUT2D eigenvalue weighted by Crippen LogP contribution is 2.51. The molecule has 2 atom stereocenters. The summed E-state index contributed by atoms with van der Waals surface area (Å²) in [4.78, 5) is 7.29. The first-order valence-corrected chi connectivity index (χ1v) is 23.2. The van der Waals surface area contributed by atoms with Crippen molar-refractivity contribution in [1.82, 2.24) is 0 Å². The average molecular weight is 858 g/mol. The second-order valence-corrected chi connectivity index (χ2v) is 17.3. The van der Waals surface area contributed by atoms with Gasteiger partial charge in [-0.05, 0) is 129 Å². The Morgan fingerprint density at radius 2 is 0.836 bits per heavy atom. The molecule has 10 aromatic carbocycles. The molecule has 0 saturated carbocycles. The number of hydrogen-bond acceptors (Lipinski definition) is 3. The summed E-state index contributed by atoms with van der Waals surface area (Å²) in [6.07, 6.45) is 9.09. The molecule has 1 heterocycles. The minimum absolute atomic E-state index is 0.223. The molecule has 12 rings (SSSR count). The van der Waals surface area contributed by atoms with Gasteiger partial charge in [0, 0.05) is 51.1 Å². The Balaban J connectivity index is 0.935. The predicted molar refractivity (Wildman–Crippen MR) is 283 cm³/mol. The fraction of sp³-hybridized carbons (Fsp3) is 0.0312. The van der Waals surface area contributed by atoms with E-state index in [4.69, 9.17) is 0 Å². The van der Waals surface area contributed by atoms with E-state index in [1.807, 2.05) is 0 Å². The molecule has 1 aliphatic carbocycles. The first-order valence-electron chi connectivity index (χ1n) is 23.2. The number of hydrogen-bond donors (Lipinski definition) is 0. The van der Waals surface area contributed by atoms with Crippen LogP contribution in [0.3, 0.4) is 0 Å². The Morgan fingerprint density at radius 1 is 0.328 bits per heavy atom. The molecule has 10 aromatic rings. The van der Waals surface area contributed by atoms with Crippen LogP contribution < -0.4 is 14.7 Å². The van der Waals surface area contributed by atoms with E-state index in [1.54, 1.807) is 0 Å². The van der Waals surface area contributed by atoms with Gasteiger partial charge in [-0.15, -0.1) is 0 Å². The van der Waals surface area contributed by atoms with Crippen molar-refractivity contribution >= 4 is 56.3 Å². The molecule has 3 nitrogen and oxygen atoms in total. The molecular weight excluding hydrogens is 811 g/mol. The second kappa shape index (κ2) is 17.4. The minimum Gasteiger partial charge on any atom is -0.333 e. The van der Waals surface area contributed by atoms with Crippen molar-refractivity contribution in [2.75, 3.05) is 14.7 Å². The molecule has 0 amide bonds. The predicted octanol–water partition coefficient (Wildman–Crippen LogP) is 17.5. The summed E-state index contributed by atoms with van der Waals surface area (Å²) in [5, 5.41) is 2.39. The van der Waals surface area contributed by atoms with Crippen LogP contribution in [0.1, 0.15) is 11.5 Å². The molecule has 0 aromatic heterocycles. The van der Waals surface area contributed by atoms with Crippen LogP contribution in [0.4, 0.5) is 45.5 Å². The Bertz CT molecular complexity index is 3400. The summed E-state index contributed by atoms with van der Waals surface area (Å²) in [6.45, 7) is 0. The molecule has 0 radical (unpaired) electrons. The molecule has 2 unspecified atom stereocenters. The molecular formula is C64H47N3. The number of para-hydroxylation sites is 2. The Hall–Kier alpha value is -8.66. The van der Waals surface area contributed by atoms with Crippen molar-refractivity contribution in [1.29, 1.82) is 0 Å². The van der Waals surface area contributed by atoms with E-state index >= 15 is 0 Å². The van der Waals surface area contributed by atoms with E-state index in [-0.39, 0.29) is 12.0 Å². The van der Waals surface area contributed by atoms with E-state index in [9.17, 15) is 0 Å². The molecule has 318 valence electrons. The van der Waals surface area contributed by atoms with E-state index in [1.165, 1.54) is 55.5 Å². The number of benzene rings is 10. The molecule has 0 fully saturated rings. The van der Waals surface area contributed by atoms with Crippen molar-refractivity contribution in [3.05, 3.63) is 279 Å². The molecule has 0 saturated heterocycles. The molecule has 0 N–H and O–H groups in total. The normalized spacial score (nSPS) is 14.7. The van der Waals surface area contributed by atoms with E-state index in [0.717, 1.165) is 39.7 Å². The highest BCUT2D eigenvalue weighted by Gasteiger charge is 2.38. The van der Waals surface area contributed by atoms with Crippen LogP contribution >= 0.6 is 0 Å². The lowest BCUT2D eigenvalue weighted by Gasteiger charge is -2.29. The van der Waals surface area contributed by atoms with Crippen LogP contribution in [0.25, 0.3) is 44.2 Å². The number of nitrogens with zero attached hydrogens (tertiary/aromatic N) is 3. The van der Waals surface area contributed by atoms with Gasteiger partial charge in [-0.1, -0.05) is 188 Å². The molecule has 2 aliphatic rings. The zero-order chi connectivity index (χ0) is 44.5. The molecule has 1 aliphatic heterocycles. The molecule has 0 spiro atoms. The maximum Gasteiger partial charge on any atom is 0.0629 e. The lowest BCUT2D eigenvalue weighted by atomic mass is 9.91. The van der Waals surface area contributed by atoms with E-state index < -0.39 is 0 Å². The zero-order valence-electron chi connectivity index (χ0n) is 37.0. The monoisotopic (exact) mass is 857 g/mol. The smallest absolute Gasteiger partial charge is 0.0629 e. The highest BCUT2D eigenvalue weighted by atomic mass is 15.2. The third kappa shape index (κ3) is 7.47. The van der Waals surface area contributed by atoms with Crippen molar-refractivity contribution in [3.63, 3.8) is 0 Å². The summed E-state index contributed by atoms with van der Waals surface area (Å²) in [5.41, 5.74) is 17.6. The van der Waals surface area contributed by atoms with Gasteiger partial charge in [-0.25, -0.2) is 0 Å². The summed E-state index contributed by atoms with van der Waals surface area (Å²) in [6, 6.07) is 90.4. The van der Waals surface area contributed by atoms with Gasteiger partial charge in [0.2, 0.25) is 0 Å².